The third kappa shape index (κ3) is 3.68. The molecule has 1 atom stereocenters. The van der Waals surface area contributed by atoms with Gasteiger partial charge in [0.15, 0.2) is 9.84 Å². The van der Waals surface area contributed by atoms with Crippen LogP contribution >= 0.6 is 11.6 Å². The summed E-state index contributed by atoms with van der Waals surface area (Å²) in [4.78, 5) is 10.2. The van der Waals surface area contributed by atoms with Crippen LogP contribution in [0.2, 0.25) is 5.28 Å². The number of aromatic nitrogens is 2. The van der Waals surface area contributed by atoms with E-state index in [4.69, 9.17) is 11.6 Å². The molecule has 1 aromatic carbocycles. The van der Waals surface area contributed by atoms with Crippen LogP contribution in [-0.2, 0) is 9.84 Å². The summed E-state index contributed by atoms with van der Waals surface area (Å²) in [6.45, 7) is 1.12. The van der Waals surface area contributed by atoms with Crippen molar-refractivity contribution in [3.05, 3.63) is 35.7 Å². The Bertz CT molecular complexity index is 857. The zero-order valence-corrected chi connectivity index (χ0v) is 14.8. The van der Waals surface area contributed by atoms with E-state index in [0.29, 0.717) is 24.5 Å². The highest BCUT2D eigenvalue weighted by atomic mass is 35.5. The largest absolute Gasteiger partial charge is 0.391 e. The van der Waals surface area contributed by atoms with Crippen molar-refractivity contribution in [1.29, 1.82) is 0 Å². The Kier molecular flexibility index (Phi) is 4.76. The van der Waals surface area contributed by atoms with E-state index < -0.39 is 15.9 Å². The molecule has 2 heterocycles. The molecule has 0 amide bonds. The van der Waals surface area contributed by atoms with E-state index in [1.807, 2.05) is 4.90 Å². The highest BCUT2D eigenvalue weighted by Crippen LogP contribution is 2.32. The van der Waals surface area contributed by atoms with Crippen molar-refractivity contribution in [3.63, 3.8) is 0 Å². The molecule has 1 aliphatic heterocycles. The lowest BCUT2D eigenvalue weighted by molar-refractivity contribution is 0.154. The molecule has 0 bridgehead atoms. The molecule has 128 valence electrons. The Hall–Kier alpha value is -1.70. The molecule has 6 nitrogen and oxygen atoms in total. The quantitative estimate of drug-likeness (QED) is 0.837. The van der Waals surface area contributed by atoms with Crippen molar-refractivity contribution in [2.75, 3.05) is 24.2 Å². The fraction of sp³-hybridized carbons (Fsp3) is 0.375. The van der Waals surface area contributed by atoms with Gasteiger partial charge in [-0.15, -0.1) is 0 Å². The Balaban J connectivity index is 2.10. The second kappa shape index (κ2) is 6.66. The summed E-state index contributed by atoms with van der Waals surface area (Å²) < 4.78 is 24.3. The zero-order valence-electron chi connectivity index (χ0n) is 13.2. The third-order valence-corrected chi connectivity index (χ3v) is 5.34. The van der Waals surface area contributed by atoms with Gasteiger partial charge in [-0.1, -0.05) is 6.07 Å². The highest BCUT2D eigenvalue weighted by Gasteiger charge is 2.24. The SMILES string of the molecule is CS(=O)(=O)c1ccc(-c2ccnc(Cl)n2)cc1N1CCCC(O)C1. The van der Waals surface area contributed by atoms with E-state index in [9.17, 15) is 13.5 Å². The molecule has 0 saturated carbocycles. The second-order valence-electron chi connectivity index (χ2n) is 5.91. The van der Waals surface area contributed by atoms with Crippen LogP contribution in [0, 0.1) is 0 Å². The maximum absolute atomic E-state index is 12.1. The fourth-order valence-corrected chi connectivity index (χ4v) is 3.94. The predicted octanol–water partition coefficient (Wildman–Crippen LogP) is 2.16. The number of nitrogens with zero attached hydrogens (tertiary/aromatic N) is 3. The van der Waals surface area contributed by atoms with Crippen LogP contribution in [0.15, 0.2) is 35.4 Å². The number of aliphatic hydroxyl groups is 1. The molecule has 1 unspecified atom stereocenters. The zero-order chi connectivity index (χ0) is 17.3. The van der Waals surface area contributed by atoms with Crippen molar-refractivity contribution in [2.24, 2.45) is 0 Å². The molecule has 0 spiro atoms. The number of halogens is 1. The number of sulfone groups is 1. The average Bonchev–Trinajstić information content (AvgIpc) is 2.53. The van der Waals surface area contributed by atoms with Crippen LogP contribution in [0.3, 0.4) is 0 Å². The summed E-state index contributed by atoms with van der Waals surface area (Å²) in [6, 6.07) is 6.79. The third-order valence-electron chi connectivity index (χ3n) is 4.02. The minimum absolute atomic E-state index is 0.134. The van der Waals surface area contributed by atoms with Crippen LogP contribution in [-0.4, -0.2) is 48.9 Å². The number of anilines is 1. The Morgan fingerprint density at radius 3 is 2.79 bits per heavy atom. The number of benzene rings is 1. The van der Waals surface area contributed by atoms with Gasteiger partial charge < -0.3 is 10.0 Å². The summed E-state index contributed by atoms with van der Waals surface area (Å²) in [5, 5.41) is 10.1. The molecule has 8 heteroatoms. The van der Waals surface area contributed by atoms with Gasteiger partial charge in [0, 0.05) is 31.1 Å². The molecule has 1 N–H and O–H groups in total. The number of piperidine rings is 1. The molecule has 3 rings (SSSR count). The monoisotopic (exact) mass is 367 g/mol. The van der Waals surface area contributed by atoms with Crippen molar-refractivity contribution < 1.29 is 13.5 Å². The topological polar surface area (TPSA) is 83.4 Å². The minimum Gasteiger partial charge on any atom is -0.391 e. The first kappa shape index (κ1) is 17.1. The predicted molar refractivity (Wildman–Crippen MR) is 93.0 cm³/mol. The van der Waals surface area contributed by atoms with Crippen molar-refractivity contribution in [3.8, 4) is 11.3 Å². The molecule has 1 fully saturated rings. The van der Waals surface area contributed by atoms with E-state index in [-0.39, 0.29) is 10.2 Å². The first-order valence-electron chi connectivity index (χ1n) is 7.60. The Labute approximate surface area is 146 Å². The van der Waals surface area contributed by atoms with Gasteiger partial charge in [0.2, 0.25) is 5.28 Å². The molecule has 1 aliphatic rings. The fourth-order valence-electron chi connectivity index (χ4n) is 2.91. The number of aliphatic hydroxyl groups excluding tert-OH is 1. The van der Waals surface area contributed by atoms with Gasteiger partial charge in [-0.3, -0.25) is 0 Å². The molecule has 24 heavy (non-hydrogen) atoms. The Morgan fingerprint density at radius 1 is 1.33 bits per heavy atom. The van der Waals surface area contributed by atoms with Crippen LogP contribution in [0.5, 0.6) is 0 Å². The van der Waals surface area contributed by atoms with E-state index in [1.54, 1.807) is 30.5 Å². The molecule has 0 radical (unpaired) electrons. The van der Waals surface area contributed by atoms with E-state index in [1.165, 1.54) is 6.26 Å². The van der Waals surface area contributed by atoms with Gasteiger partial charge >= 0.3 is 0 Å². The summed E-state index contributed by atoms with van der Waals surface area (Å²) in [5.41, 5.74) is 1.96. The number of hydrogen-bond donors (Lipinski definition) is 1. The molecule has 2 aromatic rings. The number of rotatable bonds is 3. The van der Waals surface area contributed by atoms with E-state index in [0.717, 1.165) is 18.4 Å². The molecule has 1 saturated heterocycles. The van der Waals surface area contributed by atoms with Gasteiger partial charge in [0.25, 0.3) is 0 Å². The van der Waals surface area contributed by atoms with Crippen LogP contribution < -0.4 is 4.90 Å². The molecule has 0 aliphatic carbocycles. The van der Waals surface area contributed by atoms with Crippen molar-refractivity contribution >= 4 is 27.1 Å². The molecular weight excluding hydrogens is 350 g/mol. The highest BCUT2D eigenvalue weighted by molar-refractivity contribution is 7.90. The lowest BCUT2D eigenvalue weighted by atomic mass is 10.1. The Morgan fingerprint density at radius 2 is 2.12 bits per heavy atom. The van der Waals surface area contributed by atoms with Gasteiger partial charge in [-0.2, -0.15) is 0 Å². The number of hydrogen-bond acceptors (Lipinski definition) is 6. The average molecular weight is 368 g/mol. The van der Waals surface area contributed by atoms with Crippen molar-refractivity contribution in [2.45, 2.75) is 23.8 Å². The lowest BCUT2D eigenvalue weighted by Crippen LogP contribution is -2.38. The van der Waals surface area contributed by atoms with Crippen LogP contribution in [0.4, 0.5) is 5.69 Å². The summed E-state index contributed by atoms with van der Waals surface area (Å²) in [6.07, 6.45) is 3.83. The standard InChI is InChI=1S/C16H18ClN3O3S/c1-24(22,23)15-5-4-11(13-6-7-18-16(17)19-13)9-14(15)20-8-2-3-12(21)10-20/h4-7,9,12,21H,2-3,8,10H2,1H3. The number of β-amino-alcohol motifs (C(OH)–C–C–N with tert-alkyl or cyclic N) is 1. The van der Waals surface area contributed by atoms with Gasteiger partial charge in [0.1, 0.15) is 0 Å². The van der Waals surface area contributed by atoms with E-state index in [2.05, 4.69) is 9.97 Å². The minimum atomic E-state index is -3.39. The van der Waals surface area contributed by atoms with E-state index >= 15 is 0 Å². The lowest BCUT2D eigenvalue weighted by Gasteiger charge is -2.33. The van der Waals surface area contributed by atoms with Gasteiger partial charge in [-0.05, 0) is 42.6 Å². The van der Waals surface area contributed by atoms with Gasteiger partial charge in [-0.25, -0.2) is 18.4 Å². The van der Waals surface area contributed by atoms with Crippen LogP contribution in [0.1, 0.15) is 12.8 Å². The maximum atomic E-state index is 12.1. The summed E-state index contributed by atoms with van der Waals surface area (Å²) >= 11 is 5.84. The van der Waals surface area contributed by atoms with Crippen LogP contribution in [0.25, 0.3) is 11.3 Å². The summed E-state index contributed by atoms with van der Waals surface area (Å²) in [7, 11) is -3.39. The first-order valence-corrected chi connectivity index (χ1v) is 9.87. The van der Waals surface area contributed by atoms with Crippen molar-refractivity contribution in [1.82, 2.24) is 9.97 Å². The normalized spacial score (nSPS) is 18.6. The smallest absolute Gasteiger partial charge is 0.222 e. The second-order valence-corrected chi connectivity index (χ2v) is 8.23. The molecule has 1 aromatic heterocycles. The summed E-state index contributed by atoms with van der Waals surface area (Å²) in [5.74, 6) is 0. The van der Waals surface area contributed by atoms with Gasteiger partial charge in [0.05, 0.1) is 22.4 Å². The maximum Gasteiger partial charge on any atom is 0.222 e. The first-order chi connectivity index (χ1) is 11.3. The molecular formula is C16H18ClN3O3S.